The molecule has 1 heterocycles. The minimum Gasteiger partial charge on any atom is -0.444 e. The summed E-state index contributed by atoms with van der Waals surface area (Å²) in [6, 6.07) is 0. The van der Waals surface area contributed by atoms with Crippen LogP contribution in [-0.4, -0.2) is 40.4 Å². The quantitative estimate of drug-likeness (QED) is 0.810. The number of nitrogens with zero attached hydrogens (tertiary/aromatic N) is 1. The molecule has 0 aliphatic carbocycles. The van der Waals surface area contributed by atoms with Gasteiger partial charge in [0.05, 0.1) is 12.1 Å². The Bertz CT molecular complexity index is 285. The van der Waals surface area contributed by atoms with Gasteiger partial charge < -0.3 is 14.7 Å². The summed E-state index contributed by atoms with van der Waals surface area (Å²) < 4.78 is 5.30. The number of likely N-dealkylation sites (tertiary alicyclic amines) is 1. The van der Waals surface area contributed by atoms with E-state index in [1.807, 2.05) is 27.7 Å². The highest BCUT2D eigenvalue weighted by Gasteiger charge is 2.42. The molecule has 2 unspecified atom stereocenters. The van der Waals surface area contributed by atoms with Crippen LogP contribution >= 0.6 is 0 Å². The molecule has 0 saturated carbocycles. The van der Waals surface area contributed by atoms with E-state index in [0.717, 1.165) is 6.42 Å². The van der Waals surface area contributed by atoms with Gasteiger partial charge in [0, 0.05) is 6.54 Å². The van der Waals surface area contributed by atoms with Gasteiger partial charge in [-0.05, 0) is 33.1 Å². The Balaban J connectivity index is 2.58. The van der Waals surface area contributed by atoms with E-state index >= 15 is 0 Å². The molecule has 0 spiro atoms. The molecule has 1 fully saturated rings. The first-order chi connectivity index (χ1) is 7.68. The molecule has 4 heteroatoms. The van der Waals surface area contributed by atoms with Crippen LogP contribution in [0.15, 0.2) is 0 Å². The van der Waals surface area contributed by atoms with Crippen molar-refractivity contribution in [3.05, 3.63) is 0 Å². The fourth-order valence-corrected chi connectivity index (χ4v) is 2.08. The van der Waals surface area contributed by atoms with E-state index in [9.17, 15) is 9.90 Å². The third kappa shape index (κ3) is 3.60. The van der Waals surface area contributed by atoms with E-state index in [1.165, 1.54) is 0 Å². The first-order valence-corrected chi connectivity index (χ1v) is 6.38. The van der Waals surface area contributed by atoms with Crippen LogP contribution in [0.2, 0.25) is 0 Å². The summed E-state index contributed by atoms with van der Waals surface area (Å²) in [7, 11) is 0. The van der Waals surface area contributed by atoms with Crippen molar-refractivity contribution in [2.75, 3.05) is 13.1 Å². The third-order valence-corrected chi connectivity index (χ3v) is 3.46. The van der Waals surface area contributed by atoms with Crippen LogP contribution in [0.3, 0.4) is 0 Å². The maximum absolute atomic E-state index is 11.9. The lowest BCUT2D eigenvalue weighted by Gasteiger charge is -2.30. The monoisotopic (exact) mass is 243 g/mol. The summed E-state index contributed by atoms with van der Waals surface area (Å²) in [6.07, 6.45) is 1.23. The van der Waals surface area contributed by atoms with Crippen LogP contribution < -0.4 is 0 Å². The van der Waals surface area contributed by atoms with E-state index in [-0.39, 0.29) is 12.0 Å². The average molecular weight is 243 g/mol. The van der Waals surface area contributed by atoms with Crippen LogP contribution in [0.5, 0.6) is 0 Å². The molecule has 1 amide bonds. The van der Waals surface area contributed by atoms with Gasteiger partial charge in [0.1, 0.15) is 5.60 Å². The van der Waals surface area contributed by atoms with Gasteiger partial charge in [-0.2, -0.15) is 0 Å². The predicted molar refractivity (Wildman–Crippen MR) is 66.8 cm³/mol. The second-order valence-corrected chi connectivity index (χ2v) is 6.06. The van der Waals surface area contributed by atoms with Gasteiger partial charge in [0.2, 0.25) is 0 Å². The minimum absolute atomic E-state index is 0.204. The summed E-state index contributed by atoms with van der Waals surface area (Å²) >= 11 is 0. The summed E-state index contributed by atoms with van der Waals surface area (Å²) in [5.41, 5.74) is -1.22. The molecule has 0 aromatic heterocycles. The van der Waals surface area contributed by atoms with Crippen molar-refractivity contribution in [2.24, 2.45) is 5.92 Å². The number of carbonyl (C=O) groups is 1. The van der Waals surface area contributed by atoms with E-state index in [2.05, 4.69) is 6.92 Å². The van der Waals surface area contributed by atoms with Crippen LogP contribution in [-0.2, 0) is 4.74 Å². The summed E-state index contributed by atoms with van der Waals surface area (Å²) in [6.45, 7) is 10.6. The molecule has 0 bridgehead atoms. The van der Waals surface area contributed by atoms with E-state index < -0.39 is 11.2 Å². The smallest absolute Gasteiger partial charge is 0.410 e. The number of amides is 1. The Labute approximate surface area is 104 Å². The largest absolute Gasteiger partial charge is 0.444 e. The van der Waals surface area contributed by atoms with Crippen molar-refractivity contribution >= 4 is 6.09 Å². The van der Waals surface area contributed by atoms with Gasteiger partial charge in [-0.25, -0.2) is 4.79 Å². The zero-order valence-corrected chi connectivity index (χ0v) is 11.6. The molecule has 1 saturated heterocycles. The fraction of sp³-hybridized carbons (Fsp3) is 0.923. The summed E-state index contributed by atoms with van der Waals surface area (Å²) in [4.78, 5) is 13.5. The maximum atomic E-state index is 11.9. The number of β-amino-alcohol motifs (C(OH)–C–C–N with tert-alkyl or cyclic N) is 1. The van der Waals surface area contributed by atoms with Crippen molar-refractivity contribution in [3.63, 3.8) is 0 Å². The molecule has 1 aliphatic heterocycles. The molecular weight excluding hydrogens is 218 g/mol. The molecular formula is C13H25NO3. The SMILES string of the molecule is CCC(C)C1(O)CCN(C(=O)OC(C)(C)C)C1. The zero-order valence-electron chi connectivity index (χ0n) is 11.6. The minimum atomic E-state index is -0.744. The Morgan fingerprint density at radius 1 is 1.53 bits per heavy atom. The lowest BCUT2D eigenvalue weighted by Crippen LogP contribution is -2.42. The van der Waals surface area contributed by atoms with E-state index in [0.29, 0.717) is 19.5 Å². The van der Waals surface area contributed by atoms with Crippen molar-refractivity contribution in [1.29, 1.82) is 0 Å². The second kappa shape index (κ2) is 4.84. The molecule has 0 aromatic carbocycles. The topological polar surface area (TPSA) is 49.8 Å². The summed E-state index contributed by atoms with van der Waals surface area (Å²) in [5, 5.41) is 10.4. The van der Waals surface area contributed by atoms with Crippen molar-refractivity contribution in [1.82, 2.24) is 4.90 Å². The first kappa shape index (κ1) is 14.3. The number of carbonyl (C=O) groups excluding carboxylic acids is 1. The van der Waals surface area contributed by atoms with Crippen molar-refractivity contribution in [2.45, 2.75) is 58.7 Å². The lowest BCUT2D eigenvalue weighted by atomic mass is 9.86. The summed E-state index contributed by atoms with van der Waals surface area (Å²) in [5.74, 6) is 0.204. The second-order valence-electron chi connectivity index (χ2n) is 6.06. The van der Waals surface area contributed by atoms with Crippen LogP contribution in [0.4, 0.5) is 4.79 Å². The Morgan fingerprint density at radius 2 is 2.12 bits per heavy atom. The maximum Gasteiger partial charge on any atom is 0.410 e. The van der Waals surface area contributed by atoms with Crippen LogP contribution in [0.25, 0.3) is 0 Å². The molecule has 17 heavy (non-hydrogen) atoms. The standard InChI is InChI=1S/C13H25NO3/c1-6-10(2)13(16)7-8-14(9-13)11(15)17-12(3,4)5/h10,16H,6-9H2,1-5H3. The lowest BCUT2D eigenvalue weighted by molar-refractivity contribution is -0.0117. The molecule has 2 atom stereocenters. The fourth-order valence-electron chi connectivity index (χ4n) is 2.08. The molecule has 1 aliphatic rings. The predicted octanol–water partition coefficient (Wildman–Crippen LogP) is 2.40. The highest BCUT2D eigenvalue weighted by molar-refractivity contribution is 5.68. The number of hydrogen-bond acceptors (Lipinski definition) is 3. The zero-order chi connectivity index (χ0) is 13.3. The molecule has 1 N–H and O–H groups in total. The van der Waals surface area contributed by atoms with Crippen LogP contribution in [0, 0.1) is 5.92 Å². The van der Waals surface area contributed by atoms with E-state index in [4.69, 9.17) is 4.74 Å². The normalized spacial score (nSPS) is 27.1. The average Bonchev–Trinajstić information content (AvgIpc) is 2.58. The number of ether oxygens (including phenoxy) is 1. The number of rotatable bonds is 2. The van der Waals surface area contributed by atoms with Crippen molar-refractivity contribution < 1.29 is 14.6 Å². The van der Waals surface area contributed by atoms with Gasteiger partial charge in [0.15, 0.2) is 0 Å². The third-order valence-electron chi connectivity index (χ3n) is 3.46. The Hall–Kier alpha value is -0.770. The molecule has 0 aromatic rings. The van der Waals surface area contributed by atoms with Gasteiger partial charge in [-0.1, -0.05) is 20.3 Å². The molecule has 1 rings (SSSR count). The molecule has 4 nitrogen and oxygen atoms in total. The number of hydrogen-bond donors (Lipinski definition) is 1. The molecule has 100 valence electrons. The van der Waals surface area contributed by atoms with E-state index in [1.54, 1.807) is 4.90 Å². The van der Waals surface area contributed by atoms with Crippen molar-refractivity contribution in [3.8, 4) is 0 Å². The van der Waals surface area contributed by atoms with Gasteiger partial charge in [-0.15, -0.1) is 0 Å². The van der Waals surface area contributed by atoms with Crippen LogP contribution in [0.1, 0.15) is 47.5 Å². The highest BCUT2D eigenvalue weighted by atomic mass is 16.6. The Kier molecular flexibility index (Phi) is 4.07. The van der Waals surface area contributed by atoms with Gasteiger partial charge in [-0.3, -0.25) is 0 Å². The van der Waals surface area contributed by atoms with Gasteiger partial charge in [0.25, 0.3) is 0 Å². The number of aliphatic hydroxyl groups is 1. The highest BCUT2D eigenvalue weighted by Crippen LogP contribution is 2.31. The molecule has 0 radical (unpaired) electrons. The first-order valence-electron chi connectivity index (χ1n) is 6.38. The van der Waals surface area contributed by atoms with Gasteiger partial charge >= 0.3 is 6.09 Å². The Morgan fingerprint density at radius 3 is 2.59 bits per heavy atom.